The Morgan fingerprint density at radius 2 is 2.16 bits per heavy atom. The zero-order valence-corrected chi connectivity index (χ0v) is 12.2. The molecule has 19 heavy (non-hydrogen) atoms. The summed E-state index contributed by atoms with van der Waals surface area (Å²) in [5.41, 5.74) is 1.20. The van der Waals surface area contributed by atoms with Gasteiger partial charge in [-0.3, -0.25) is 0 Å². The van der Waals surface area contributed by atoms with Crippen molar-refractivity contribution in [2.45, 2.75) is 26.3 Å². The molecule has 1 fully saturated rings. The van der Waals surface area contributed by atoms with Crippen LogP contribution in [0.15, 0.2) is 12.4 Å². The lowest BCUT2D eigenvalue weighted by molar-refractivity contribution is 0.244. The van der Waals surface area contributed by atoms with E-state index in [2.05, 4.69) is 46.4 Å². The van der Waals surface area contributed by atoms with Crippen molar-refractivity contribution in [3.63, 3.8) is 0 Å². The number of hydrogen-bond acceptors (Lipinski definition) is 5. The van der Waals surface area contributed by atoms with Crippen LogP contribution >= 0.6 is 0 Å². The Balaban J connectivity index is 1.79. The quantitative estimate of drug-likeness (QED) is 0.830. The highest BCUT2D eigenvalue weighted by Crippen LogP contribution is 2.07. The van der Waals surface area contributed by atoms with E-state index in [4.69, 9.17) is 0 Å². The van der Waals surface area contributed by atoms with Gasteiger partial charge in [-0.2, -0.15) is 0 Å². The molecule has 0 aliphatic carbocycles. The third kappa shape index (κ3) is 4.76. The van der Waals surface area contributed by atoms with Crippen LogP contribution in [-0.2, 0) is 6.42 Å². The van der Waals surface area contributed by atoms with E-state index in [1.807, 2.05) is 12.4 Å². The summed E-state index contributed by atoms with van der Waals surface area (Å²) in [4.78, 5) is 11.1. The minimum atomic E-state index is 0.470. The first-order valence-corrected chi connectivity index (χ1v) is 7.10. The Morgan fingerprint density at radius 1 is 1.42 bits per heavy atom. The second-order valence-electron chi connectivity index (χ2n) is 5.81. The van der Waals surface area contributed by atoms with Gasteiger partial charge in [0, 0.05) is 44.6 Å². The Hall–Kier alpha value is -1.20. The summed E-state index contributed by atoms with van der Waals surface area (Å²) in [7, 11) is 2.16. The number of rotatable bonds is 5. The SMILES string of the molecule is CC(C)Cc1cnc(NCC2CN(C)CCN2)nc1. The van der Waals surface area contributed by atoms with Crippen LogP contribution in [0.25, 0.3) is 0 Å². The molecule has 0 spiro atoms. The van der Waals surface area contributed by atoms with Crippen molar-refractivity contribution in [2.24, 2.45) is 5.92 Å². The van der Waals surface area contributed by atoms with Gasteiger partial charge in [-0.25, -0.2) is 9.97 Å². The largest absolute Gasteiger partial charge is 0.353 e. The summed E-state index contributed by atoms with van der Waals surface area (Å²) < 4.78 is 0. The van der Waals surface area contributed by atoms with E-state index in [0.29, 0.717) is 12.0 Å². The molecule has 2 N–H and O–H groups in total. The normalized spacial score (nSPS) is 20.7. The van der Waals surface area contributed by atoms with E-state index < -0.39 is 0 Å². The molecule has 5 nitrogen and oxygen atoms in total. The third-order valence-corrected chi connectivity index (χ3v) is 3.31. The lowest BCUT2D eigenvalue weighted by atomic mass is 10.1. The van der Waals surface area contributed by atoms with Crippen molar-refractivity contribution < 1.29 is 0 Å². The average molecular weight is 263 g/mol. The fourth-order valence-corrected chi connectivity index (χ4v) is 2.37. The molecule has 2 heterocycles. The molecular weight excluding hydrogens is 238 g/mol. The number of nitrogens with one attached hydrogen (secondary N) is 2. The van der Waals surface area contributed by atoms with Crippen LogP contribution in [0, 0.1) is 5.92 Å². The van der Waals surface area contributed by atoms with Crippen LogP contribution in [0.5, 0.6) is 0 Å². The molecule has 1 aromatic heterocycles. The van der Waals surface area contributed by atoms with E-state index >= 15 is 0 Å². The van der Waals surface area contributed by atoms with Crippen LogP contribution in [0.3, 0.4) is 0 Å². The second-order valence-corrected chi connectivity index (χ2v) is 5.81. The molecule has 0 aromatic carbocycles. The van der Waals surface area contributed by atoms with Gasteiger partial charge in [0.25, 0.3) is 0 Å². The molecule has 1 unspecified atom stereocenters. The molecule has 0 amide bonds. The maximum absolute atomic E-state index is 4.37. The molecular formula is C14H25N5. The number of piperazine rings is 1. The first-order valence-electron chi connectivity index (χ1n) is 7.10. The Labute approximate surface area is 115 Å². The highest BCUT2D eigenvalue weighted by atomic mass is 15.2. The maximum Gasteiger partial charge on any atom is 0.222 e. The lowest BCUT2D eigenvalue weighted by Crippen LogP contribution is -2.51. The van der Waals surface area contributed by atoms with Gasteiger partial charge >= 0.3 is 0 Å². The maximum atomic E-state index is 4.37. The van der Waals surface area contributed by atoms with Crippen molar-refractivity contribution >= 4 is 5.95 Å². The fourth-order valence-electron chi connectivity index (χ4n) is 2.37. The van der Waals surface area contributed by atoms with Gasteiger partial charge in [0.1, 0.15) is 0 Å². The predicted molar refractivity (Wildman–Crippen MR) is 78.4 cm³/mol. The molecule has 1 aliphatic heterocycles. The van der Waals surface area contributed by atoms with Gasteiger partial charge in [0.15, 0.2) is 0 Å². The summed E-state index contributed by atoms with van der Waals surface area (Å²) in [5.74, 6) is 1.37. The monoisotopic (exact) mass is 263 g/mol. The van der Waals surface area contributed by atoms with E-state index in [-0.39, 0.29) is 0 Å². The van der Waals surface area contributed by atoms with Crippen molar-refractivity contribution in [1.82, 2.24) is 20.2 Å². The number of hydrogen-bond donors (Lipinski definition) is 2. The standard InChI is InChI=1S/C14H25N5/c1-11(2)6-12-7-16-14(17-8-12)18-9-13-10-19(3)5-4-15-13/h7-8,11,13,15H,4-6,9-10H2,1-3H3,(H,16,17,18). The molecule has 1 aliphatic rings. The van der Waals surface area contributed by atoms with Crippen molar-refractivity contribution in [3.05, 3.63) is 18.0 Å². The summed E-state index contributed by atoms with van der Waals surface area (Å²) in [6, 6.07) is 0.470. The Bertz CT molecular complexity index is 376. The zero-order chi connectivity index (χ0) is 13.7. The second kappa shape index (κ2) is 6.82. The summed E-state index contributed by atoms with van der Waals surface area (Å²) in [6.45, 7) is 8.52. The van der Waals surface area contributed by atoms with Crippen molar-refractivity contribution in [3.8, 4) is 0 Å². The molecule has 106 valence electrons. The molecule has 2 rings (SSSR count). The fraction of sp³-hybridized carbons (Fsp3) is 0.714. The van der Waals surface area contributed by atoms with Gasteiger partial charge in [-0.15, -0.1) is 0 Å². The van der Waals surface area contributed by atoms with Crippen LogP contribution in [0.2, 0.25) is 0 Å². The molecule has 0 bridgehead atoms. The highest BCUT2D eigenvalue weighted by molar-refractivity contribution is 5.25. The van der Waals surface area contributed by atoms with Gasteiger partial charge in [-0.05, 0) is 24.9 Å². The number of likely N-dealkylation sites (N-methyl/N-ethyl adjacent to an activating group) is 1. The molecule has 1 saturated heterocycles. The molecule has 0 saturated carbocycles. The number of anilines is 1. The van der Waals surface area contributed by atoms with Gasteiger partial charge < -0.3 is 15.5 Å². The van der Waals surface area contributed by atoms with E-state index in [9.17, 15) is 0 Å². The van der Waals surface area contributed by atoms with Gasteiger partial charge in [0.05, 0.1) is 0 Å². The van der Waals surface area contributed by atoms with E-state index in [1.54, 1.807) is 0 Å². The van der Waals surface area contributed by atoms with Crippen molar-refractivity contribution in [1.29, 1.82) is 0 Å². The Morgan fingerprint density at radius 3 is 2.79 bits per heavy atom. The first-order chi connectivity index (χ1) is 9.13. The highest BCUT2D eigenvalue weighted by Gasteiger charge is 2.16. The molecule has 0 radical (unpaired) electrons. The minimum Gasteiger partial charge on any atom is -0.353 e. The van der Waals surface area contributed by atoms with Crippen LogP contribution in [0.4, 0.5) is 5.95 Å². The number of aromatic nitrogens is 2. The van der Waals surface area contributed by atoms with Crippen LogP contribution in [-0.4, -0.2) is 54.1 Å². The van der Waals surface area contributed by atoms with Crippen molar-refractivity contribution in [2.75, 3.05) is 38.5 Å². The molecule has 1 aromatic rings. The van der Waals surface area contributed by atoms with Gasteiger partial charge in [0.2, 0.25) is 5.95 Å². The van der Waals surface area contributed by atoms with Crippen LogP contribution in [0.1, 0.15) is 19.4 Å². The summed E-state index contributed by atoms with van der Waals surface area (Å²) in [5, 5.41) is 6.80. The lowest BCUT2D eigenvalue weighted by Gasteiger charge is -2.30. The molecule has 5 heteroatoms. The molecule has 1 atom stereocenters. The first kappa shape index (κ1) is 14.2. The minimum absolute atomic E-state index is 0.470. The average Bonchev–Trinajstić information content (AvgIpc) is 2.37. The van der Waals surface area contributed by atoms with E-state index in [1.165, 1.54) is 5.56 Å². The third-order valence-electron chi connectivity index (χ3n) is 3.31. The smallest absolute Gasteiger partial charge is 0.222 e. The van der Waals surface area contributed by atoms with Gasteiger partial charge in [-0.1, -0.05) is 13.8 Å². The van der Waals surface area contributed by atoms with E-state index in [0.717, 1.165) is 38.5 Å². The Kier molecular flexibility index (Phi) is 5.10. The number of nitrogens with zero attached hydrogens (tertiary/aromatic N) is 3. The summed E-state index contributed by atoms with van der Waals surface area (Å²) >= 11 is 0. The topological polar surface area (TPSA) is 53.1 Å². The summed E-state index contributed by atoms with van der Waals surface area (Å²) in [6.07, 6.45) is 4.89. The zero-order valence-electron chi connectivity index (χ0n) is 12.2. The van der Waals surface area contributed by atoms with Crippen LogP contribution < -0.4 is 10.6 Å². The predicted octanol–water partition coefficient (Wildman–Crippen LogP) is 0.991.